The van der Waals surface area contributed by atoms with E-state index >= 15 is 0 Å². The van der Waals surface area contributed by atoms with Gasteiger partial charge in [-0.15, -0.1) is 0 Å². The number of aromatic hydroxyl groups is 1. The highest BCUT2D eigenvalue weighted by atomic mass is 16.3. The maximum absolute atomic E-state index is 9.39. The molecule has 2 aliphatic rings. The van der Waals surface area contributed by atoms with Crippen molar-refractivity contribution in [3.05, 3.63) is 29.8 Å². The Hall–Kier alpha value is -1.02. The summed E-state index contributed by atoms with van der Waals surface area (Å²) in [7, 11) is 0. The minimum absolute atomic E-state index is 0.366. The van der Waals surface area contributed by atoms with E-state index in [1.807, 2.05) is 12.1 Å². The predicted octanol–water partition coefficient (Wildman–Crippen LogP) is 2.92. The summed E-state index contributed by atoms with van der Waals surface area (Å²) in [4.78, 5) is 0. The molecule has 0 bridgehead atoms. The van der Waals surface area contributed by atoms with E-state index in [2.05, 4.69) is 11.4 Å². The van der Waals surface area contributed by atoms with Crippen LogP contribution in [0.5, 0.6) is 5.75 Å². The zero-order chi connectivity index (χ0) is 11.7. The Balaban J connectivity index is 1.47. The normalized spacial score (nSPS) is 19.8. The van der Waals surface area contributed by atoms with Crippen molar-refractivity contribution in [3.63, 3.8) is 0 Å². The van der Waals surface area contributed by atoms with E-state index in [4.69, 9.17) is 0 Å². The second-order valence-corrected chi connectivity index (χ2v) is 5.64. The van der Waals surface area contributed by atoms with Gasteiger partial charge in [0.25, 0.3) is 0 Å². The third-order valence-corrected chi connectivity index (χ3v) is 4.07. The summed E-state index contributed by atoms with van der Waals surface area (Å²) in [5, 5.41) is 13.0. The summed E-state index contributed by atoms with van der Waals surface area (Å²) in [5.41, 5.74) is 1.18. The average molecular weight is 231 g/mol. The van der Waals surface area contributed by atoms with E-state index < -0.39 is 0 Å². The topological polar surface area (TPSA) is 32.3 Å². The van der Waals surface area contributed by atoms with Gasteiger partial charge in [-0.05, 0) is 67.7 Å². The van der Waals surface area contributed by atoms with E-state index in [0.29, 0.717) is 5.75 Å². The van der Waals surface area contributed by atoms with E-state index in [1.165, 1.54) is 31.2 Å². The van der Waals surface area contributed by atoms with Crippen LogP contribution >= 0.6 is 0 Å². The molecular weight excluding hydrogens is 210 g/mol. The molecule has 0 aliphatic heterocycles. The van der Waals surface area contributed by atoms with Gasteiger partial charge >= 0.3 is 0 Å². The highest BCUT2D eigenvalue weighted by molar-refractivity contribution is 5.26. The van der Waals surface area contributed by atoms with Gasteiger partial charge in [0.1, 0.15) is 5.75 Å². The van der Waals surface area contributed by atoms with Crippen LogP contribution in [0.15, 0.2) is 24.3 Å². The first-order chi connectivity index (χ1) is 8.33. The zero-order valence-electron chi connectivity index (χ0n) is 10.2. The van der Waals surface area contributed by atoms with E-state index in [-0.39, 0.29) is 0 Å². The van der Waals surface area contributed by atoms with Crippen LogP contribution in [0.4, 0.5) is 0 Å². The highest BCUT2D eigenvalue weighted by Gasteiger charge is 2.40. The Morgan fingerprint density at radius 1 is 1.18 bits per heavy atom. The molecule has 92 valence electrons. The van der Waals surface area contributed by atoms with Crippen molar-refractivity contribution in [2.75, 3.05) is 6.54 Å². The number of rotatable bonds is 6. The monoisotopic (exact) mass is 231 g/mol. The van der Waals surface area contributed by atoms with Crippen LogP contribution in [0.1, 0.15) is 31.2 Å². The molecule has 1 aromatic carbocycles. The average Bonchev–Trinajstić information content (AvgIpc) is 3.15. The molecule has 0 heterocycles. The summed E-state index contributed by atoms with van der Waals surface area (Å²) in [6.07, 6.45) is 5.81. The minimum Gasteiger partial charge on any atom is -0.508 e. The predicted molar refractivity (Wildman–Crippen MR) is 68.8 cm³/mol. The Bertz CT molecular complexity index is 370. The lowest BCUT2D eigenvalue weighted by molar-refractivity contribution is 0.378. The number of nitrogens with one attached hydrogen (secondary N) is 1. The van der Waals surface area contributed by atoms with Crippen molar-refractivity contribution < 1.29 is 5.11 Å². The Morgan fingerprint density at radius 3 is 2.47 bits per heavy atom. The molecule has 2 N–H and O–H groups in total. The van der Waals surface area contributed by atoms with Crippen LogP contribution in [0, 0.1) is 17.8 Å². The molecule has 2 saturated carbocycles. The van der Waals surface area contributed by atoms with Gasteiger partial charge in [0.2, 0.25) is 0 Å². The summed E-state index contributed by atoms with van der Waals surface area (Å²) in [5.74, 6) is 3.32. The van der Waals surface area contributed by atoms with Crippen molar-refractivity contribution in [2.45, 2.75) is 32.2 Å². The first-order valence-corrected chi connectivity index (χ1v) is 6.81. The maximum atomic E-state index is 9.39. The second kappa shape index (κ2) is 4.69. The van der Waals surface area contributed by atoms with Gasteiger partial charge in [-0.1, -0.05) is 12.1 Å². The SMILES string of the molecule is Oc1cccc(CNCC(C2CC2)C2CC2)c1. The molecule has 0 spiro atoms. The third-order valence-electron chi connectivity index (χ3n) is 4.07. The van der Waals surface area contributed by atoms with Crippen molar-refractivity contribution in [1.82, 2.24) is 5.32 Å². The third kappa shape index (κ3) is 3.01. The molecule has 1 aromatic rings. The minimum atomic E-state index is 0.366. The summed E-state index contributed by atoms with van der Waals surface area (Å²) >= 11 is 0. The quantitative estimate of drug-likeness (QED) is 0.789. The van der Waals surface area contributed by atoms with Crippen molar-refractivity contribution in [1.29, 1.82) is 0 Å². The highest BCUT2D eigenvalue weighted by Crippen LogP contribution is 2.48. The molecule has 0 unspecified atom stereocenters. The molecule has 0 atom stereocenters. The van der Waals surface area contributed by atoms with Crippen molar-refractivity contribution >= 4 is 0 Å². The number of hydrogen-bond acceptors (Lipinski definition) is 2. The Morgan fingerprint density at radius 2 is 1.88 bits per heavy atom. The van der Waals surface area contributed by atoms with Gasteiger partial charge in [0.15, 0.2) is 0 Å². The largest absolute Gasteiger partial charge is 0.508 e. The molecule has 2 fully saturated rings. The first kappa shape index (κ1) is 11.1. The number of phenolic OH excluding ortho intramolecular Hbond substituents is 1. The fraction of sp³-hybridized carbons (Fsp3) is 0.600. The molecule has 0 amide bonds. The number of phenols is 1. The van der Waals surface area contributed by atoms with Crippen LogP contribution < -0.4 is 5.32 Å². The van der Waals surface area contributed by atoms with Crippen molar-refractivity contribution in [3.8, 4) is 5.75 Å². The van der Waals surface area contributed by atoms with E-state index in [1.54, 1.807) is 6.07 Å². The lowest BCUT2D eigenvalue weighted by atomic mass is 9.98. The van der Waals surface area contributed by atoms with Crippen LogP contribution in [0.2, 0.25) is 0 Å². The lowest BCUT2D eigenvalue weighted by Crippen LogP contribution is -2.25. The smallest absolute Gasteiger partial charge is 0.115 e. The Kier molecular flexibility index (Phi) is 3.06. The van der Waals surface area contributed by atoms with Crippen LogP contribution in [0.3, 0.4) is 0 Å². The van der Waals surface area contributed by atoms with Gasteiger partial charge in [0.05, 0.1) is 0 Å². The Labute approximate surface area is 103 Å². The molecule has 2 aliphatic carbocycles. The van der Waals surface area contributed by atoms with Crippen molar-refractivity contribution in [2.24, 2.45) is 17.8 Å². The standard InChI is InChI=1S/C15H21NO/c17-14-3-1-2-11(8-14)9-16-10-15(12-4-5-12)13-6-7-13/h1-3,8,12-13,15-17H,4-7,9-10H2. The fourth-order valence-electron chi connectivity index (χ4n) is 2.82. The fourth-order valence-corrected chi connectivity index (χ4v) is 2.82. The summed E-state index contributed by atoms with van der Waals surface area (Å²) in [6.45, 7) is 2.04. The van der Waals surface area contributed by atoms with E-state index in [0.717, 1.165) is 30.8 Å². The summed E-state index contributed by atoms with van der Waals surface area (Å²) < 4.78 is 0. The molecule has 0 radical (unpaired) electrons. The zero-order valence-corrected chi connectivity index (χ0v) is 10.2. The number of hydrogen-bond donors (Lipinski definition) is 2. The maximum Gasteiger partial charge on any atom is 0.115 e. The molecule has 17 heavy (non-hydrogen) atoms. The van der Waals surface area contributed by atoms with Gasteiger partial charge < -0.3 is 10.4 Å². The van der Waals surface area contributed by atoms with E-state index in [9.17, 15) is 5.11 Å². The van der Waals surface area contributed by atoms with Crippen LogP contribution in [0.25, 0.3) is 0 Å². The molecule has 2 nitrogen and oxygen atoms in total. The molecule has 3 rings (SSSR count). The molecule has 0 saturated heterocycles. The number of benzene rings is 1. The van der Waals surface area contributed by atoms with Crippen LogP contribution in [-0.2, 0) is 6.54 Å². The first-order valence-electron chi connectivity index (χ1n) is 6.81. The second-order valence-electron chi connectivity index (χ2n) is 5.64. The van der Waals surface area contributed by atoms with Gasteiger partial charge in [0, 0.05) is 6.54 Å². The van der Waals surface area contributed by atoms with Gasteiger partial charge in [-0.25, -0.2) is 0 Å². The molecular formula is C15H21NO. The van der Waals surface area contributed by atoms with Gasteiger partial charge in [-0.3, -0.25) is 0 Å². The van der Waals surface area contributed by atoms with Crippen LogP contribution in [-0.4, -0.2) is 11.7 Å². The molecule has 2 heteroatoms. The molecule has 0 aromatic heterocycles. The summed E-state index contributed by atoms with van der Waals surface area (Å²) in [6, 6.07) is 7.54. The van der Waals surface area contributed by atoms with Gasteiger partial charge in [-0.2, -0.15) is 0 Å². The lowest BCUT2D eigenvalue weighted by Gasteiger charge is -2.16.